The van der Waals surface area contributed by atoms with E-state index in [9.17, 15) is 0 Å². The SMILES string of the molecule is CCOC(CC)(CC)c1noc(-c2ccc(CN)o2)n1. The van der Waals surface area contributed by atoms with Crippen molar-refractivity contribution in [1.82, 2.24) is 10.1 Å². The predicted molar refractivity (Wildman–Crippen MR) is 73.8 cm³/mol. The third-order valence-electron chi connectivity index (χ3n) is 3.47. The summed E-state index contributed by atoms with van der Waals surface area (Å²) in [6.07, 6.45) is 1.56. The number of ether oxygens (including phenoxy) is 1. The van der Waals surface area contributed by atoms with Crippen molar-refractivity contribution in [2.75, 3.05) is 6.61 Å². The van der Waals surface area contributed by atoms with Gasteiger partial charge in [0, 0.05) is 6.61 Å². The van der Waals surface area contributed by atoms with Gasteiger partial charge in [-0.25, -0.2) is 0 Å². The molecule has 110 valence electrons. The monoisotopic (exact) mass is 279 g/mol. The number of furan rings is 1. The summed E-state index contributed by atoms with van der Waals surface area (Å²) in [5.74, 6) is 2.12. The molecule has 0 amide bonds. The predicted octanol–water partition coefficient (Wildman–Crippen LogP) is 2.84. The molecule has 6 nitrogen and oxygen atoms in total. The summed E-state index contributed by atoms with van der Waals surface area (Å²) in [5, 5.41) is 4.06. The molecule has 0 spiro atoms. The zero-order valence-corrected chi connectivity index (χ0v) is 12.2. The Balaban J connectivity index is 2.31. The molecule has 0 aromatic carbocycles. The smallest absolute Gasteiger partial charge is 0.293 e. The molecule has 0 fully saturated rings. The van der Waals surface area contributed by atoms with Crippen LogP contribution in [0.25, 0.3) is 11.7 Å². The lowest BCUT2D eigenvalue weighted by Gasteiger charge is -2.27. The molecule has 2 aromatic heterocycles. The molecular weight excluding hydrogens is 258 g/mol. The standard InChI is InChI=1S/C14H21N3O3/c1-4-14(5-2,18-6-3)13-16-12(20-17-13)11-8-7-10(9-15)19-11/h7-8H,4-6,9,15H2,1-3H3. The Bertz CT molecular complexity index is 543. The van der Waals surface area contributed by atoms with Crippen LogP contribution in [0.5, 0.6) is 0 Å². The molecule has 0 aliphatic carbocycles. The minimum Gasteiger partial charge on any atom is -0.455 e. The van der Waals surface area contributed by atoms with Gasteiger partial charge in [-0.1, -0.05) is 19.0 Å². The van der Waals surface area contributed by atoms with Crippen molar-refractivity contribution in [2.45, 2.75) is 45.8 Å². The Hall–Kier alpha value is -1.66. The van der Waals surface area contributed by atoms with Crippen molar-refractivity contribution < 1.29 is 13.7 Å². The average Bonchev–Trinajstić information content (AvgIpc) is 3.13. The zero-order chi connectivity index (χ0) is 14.6. The van der Waals surface area contributed by atoms with E-state index in [1.54, 1.807) is 12.1 Å². The lowest BCUT2D eigenvalue weighted by atomic mass is 9.96. The van der Waals surface area contributed by atoms with Crippen molar-refractivity contribution in [3.8, 4) is 11.7 Å². The third kappa shape index (κ3) is 2.62. The average molecular weight is 279 g/mol. The van der Waals surface area contributed by atoms with Gasteiger partial charge in [0.2, 0.25) is 5.82 Å². The maximum Gasteiger partial charge on any atom is 0.293 e. The fourth-order valence-electron chi connectivity index (χ4n) is 2.22. The van der Waals surface area contributed by atoms with Crippen LogP contribution in [0.3, 0.4) is 0 Å². The Labute approximate surface area is 118 Å². The molecule has 2 rings (SSSR count). The lowest BCUT2D eigenvalue weighted by molar-refractivity contribution is -0.0583. The molecule has 0 aliphatic heterocycles. The fourth-order valence-corrected chi connectivity index (χ4v) is 2.22. The highest BCUT2D eigenvalue weighted by molar-refractivity contribution is 5.44. The van der Waals surface area contributed by atoms with Crippen LogP contribution in [-0.2, 0) is 16.9 Å². The molecule has 2 heterocycles. The molecular formula is C14H21N3O3. The lowest BCUT2D eigenvalue weighted by Crippen LogP contribution is -2.29. The number of nitrogens with two attached hydrogens (primary N) is 1. The quantitative estimate of drug-likeness (QED) is 0.838. The Morgan fingerprint density at radius 1 is 1.25 bits per heavy atom. The van der Waals surface area contributed by atoms with Gasteiger partial charge < -0.3 is 19.4 Å². The summed E-state index contributed by atoms with van der Waals surface area (Å²) in [6.45, 7) is 7.00. The van der Waals surface area contributed by atoms with Crippen molar-refractivity contribution >= 4 is 0 Å². The summed E-state index contributed by atoms with van der Waals surface area (Å²) < 4.78 is 16.7. The largest absolute Gasteiger partial charge is 0.455 e. The first-order valence-electron chi connectivity index (χ1n) is 6.96. The molecule has 20 heavy (non-hydrogen) atoms. The van der Waals surface area contributed by atoms with Gasteiger partial charge in [-0.05, 0) is 31.9 Å². The van der Waals surface area contributed by atoms with E-state index in [0.29, 0.717) is 36.4 Å². The van der Waals surface area contributed by atoms with E-state index in [-0.39, 0.29) is 0 Å². The molecule has 0 aliphatic rings. The maximum atomic E-state index is 5.85. The van der Waals surface area contributed by atoms with Gasteiger partial charge in [0.25, 0.3) is 5.89 Å². The van der Waals surface area contributed by atoms with Crippen LogP contribution in [0.2, 0.25) is 0 Å². The van der Waals surface area contributed by atoms with Gasteiger partial charge in [0.05, 0.1) is 6.54 Å². The van der Waals surface area contributed by atoms with Crippen LogP contribution in [0, 0.1) is 0 Å². The van der Waals surface area contributed by atoms with Gasteiger partial charge in [0.15, 0.2) is 5.76 Å². The molecule has 2 aromatic rings. The topological polar surface area (TPSA) is 87.3 Å². The van der Waals surface area contributed by atoms with E-state index in [2.05, 4.69) is 24.0 Å². The molecule has 0 unspecified atom stereocenters. The summed E-state index contributed by atoms with van der Waals surface area (Å²) in [4.78, 5) is 4.42. The number of nitrogens with zero attached hydrogens (tertiary/aromatic N) is 2. The van der Waals surface area contributed by atoms with Gasteiger partial charge in [0.1, 0.15) is 11.4 Å². The van der Waals surface area contributed by atoms with E-state index in [1.807, 2.05) is 6.92 Å². The second kappa shape index (κ2) is 6.19. The molecule has 0 atom stereocenters. The van der Waals surface area contributed by atoms with Gasteiger partial charge in [-0.15, -0.1) is 0 Å². The van der Waals surface area contributed by atoms with Gasteiger partial charge >= 0.3 is 0 Å². The highest BCUT2D eigenvalue weighted by Gasteiger charge is 2.34. The fraction of sp³-hybridized carbons (Fsp3) is 0.571. The summed E-state index contributed by atoms with van der Waals surface area (Å²) >= 11 is 0. The van der Waals surface area contributed by atoms with Crippen molar-refractivity contribution in [3.05, 3.63) is 23.7 Å². The van der Waals surface area contributed by atoms with Crippen molar-refractivity contribution in [2.24, 2.45) is 5.73 Å². The first-order valence-corrected chi connectivity index (χ1v) is 6.96. The van der Waals surface area contributed by atoms with E-state index in [1.165, 1.54) is 0 Å². The van der Waals surface area contributed by atoms with E-state index in [0.717, 1.165) is 12.8 Å². The van der Waals surface area contributed by atoms with Crippen LogP contribution in [0.1, 0.15) is 45.2 Å². The first-order chi connectivity index (χ1) is 9.69. The van der Waals surface area contributed by atoms with Crippen LogP contribution < -0.4 is 5.73 Å². The summed E-state index contributed by atoms with van der Waals surface area (Å²) in [5.41, 5.74) is 5.02. The molecule has 0 saturated heterocycles. The molecule has 0 radical (unpaired) electrons. The van der Waals surface area contributed by atoms with Gasteiger partial charge in [-0.3, -0.25) is 0 Å². The Morgan fingerprint density at radius 3 is 2.55 bits per heavy atom. The second-order valence-electron chi connectivity index (χ2n) is 4.53. The Morgan fingerprint density at radius 2 is 2.00 bits per heavy atom. The van der Waals surface area contributed by atoms with E-state index < -0.39 is 5.60 Å². The molecule has 6 heteroatoms. The van der Waals surface area contributed by atoms with Crippen LogP contribution in [0.15, 0.2) is 21.1 Å². The molecule has 2 N–H and O–H groups in total. The van der Waals surface area contributed by atoms with Gasteiger partial charge in [-0.2, -0.15) is 4.98 Å². The number of hydrogen-bond donors (Lipinski definition) is 1. The van der Waals surface area contributed by atoms with Crippen molar-refractivity contribution in [1.29, 1.82) is 0 Å². The van der Waals surface area contributed by atoms with Crippen LogP contribution in [0.4, 0.5) is 0 Å². The Kier molecular flexibility index (Phi) is 4.57. The highest BCUT2D eigenvalue weighted by Crippen LogP contribution is 2.32. The normalized spacial score (nSPS) is 12.0. The first kappa shape index (κ1) is 14.7. The number of hydrogen-bond acceptors (Lipinski definition) is 6. The van der Waals surface area contributed by atoms with Crippen molar-refractivity contribution in [3.63, 3.8) is 0 Å². The van der Waals surface area contributed by atoms with Crippen LogP contribution in [-0.4, -0.2) is 16.7 Å². The zero-order valence-electron chi connectivity index (χ0n) is 12.2. The summed E-state index contributed by atoms with van der Waals surface area (Å²) in [6, 6.07) is 3.58. The molecule has 0 saturated carbocycles. The second-order valence-corrected chi connectivity index (χ2v) is 4.53. The van der Waals surface area contributed by atoms with E-state index in [4.69, 9.17) is 19.4 Å². The highest BCUT2D eigenvalue weighted by atomic mass is 16.5. The third-order valence-corrected chi connectivity index (χ3v) is 3.47. The summed E-state index contributed by atoms with van der Waals surface area (Å²) in [7, 11) is 0. The maximum absolute atomic E-state index is 5.85. The minimum absolute atomic E-state index is 0.341. The number of rotatable bonds is 7. The molecule has 0 bridgehead atoms. The van der Waals surface area contributed by atoms with E-state index >= 15 is 0 Å². The van der Waals surface area contributed by atoms with Crippen LogP contribution >= 0.6 is 0 Å². The number of aromatic nitrogens is 2. The minimum atomic E-state index is -0.500.